The van der Waals surface area contributed by atoms with Crippen LogP contribution in [0.15, 0.2) is 42.5 Å². The van der Waals surface area contributed by atoms with Gasteiger partial charge in [0.15, 0.2) is 0 Å². The van der Waals surface area contributed by atoms with Gasteiger partial charge in [0.1, 0.15) is 22.9 Å². The summed E-state index contributed by atoms with van der Waals surface area (Å²) >= 11 is 0. The second-order valence-corrected chi connectivity index (χ2v) is 4.68. The lowest BCUT2D eigenvalue weighted by Crippen LogP contribution is -2.09. The molecule has 2 aromatic carbocycles. The van der Waals surface area contributed by atoms with Crippen LogP contribution in [0.4, 0.5) is 5.69 Å². The summed E-state index contributed by atoms with van der Waals surface area (Å²) in [7, 11) is 4.88. The second kappa shape index (κ2) is 6.88. The van der Waals surface area contributed by atoms with Crippen LogP contribution in [-0.4, -0.2) is 21.3 Å². The maximum absolute atomic E-state index is 5.44. The predicted molar refractivity (Wildman–Crippen MR) is 84.6 cm³/mol. The SMILES string of the molecule is COc1cc(OC)c(N[C@H](C)c2ccccc2)c(OC)c1. The molecule has 4 heteroatoms. The highest BCUT2D eigenvalue weighted by atomic mass is 16.5. The van der Waals surface area contributed by atoms with E-state index in [0.717, 1.165) is 5.69 Å². The van der Waals surface area contributed by atoms with Crippen LogP contribution in [0, 0.1) is 0 Å². The molecule has 0 fully saturated rings. The van der Waals surface area contributed by atoms with Gasteiger partial charge in [-0.2, -0.15) is 0 Å². The van der Waals surface area contributed by atoms with E-state index in [4.69, 9.17) is 14.2 Å². The van der Waals surface area contributed by atoms with Gasteiger partial charge in [-0.15, -0.1) is 0 Å². The van der Waals surface area contributed by atoms with Crippen molar-refractivity contribution in [2.75, 3.05) is 26.6 Å². The summed E-state index contributed by atoms with van der Waals surface area (Å²) < 4.78 is 16.1. The molecular weight excluding hydrogens is 266 g/mol. The van der Waals surface area contributed by atoms with E-state index in [1.54, 1.807) is 21.3 Å². The summed E-state index contributed by atoms with van der Waals surface area (Å²) in [6.45, 7) is 2.10. The largest absolute Gasteiger partial charge is 0.496 e. The fourth-order valence-corrected chi connectivity index (χ4v) is 2.19. The Morgan fingerprint density at radius 2 is 1.43 bits per heavy atom. The zero-order valence-corrected chi connectivity index (χ0v) is 12.8. The Labute approximate surface area is 125 Å². The summed E-state index contributed by atoms with van der Waals surface area (Å²) in [6.07, 6.45) is 0. The van der Waals surface area contributed by atoms with Crippen molar-refractivity contribution in [2.24, 2.45) is 0 Å². The van der Waals surface area contributed by atoms with E-state index in [9.17, 15) is 0 Å². The van der Waals surface area contributed by atoms with E-state index >= 15 is 0 Å². The fourth-order valence-electron chi connectivity index (χ4n) is 2.19. The first-order chi connectivity index (χ1) is 10.2. The molecule has 4 nitrogen and oxygen atoms in total. The minimum atomic E-state index is 0.127. The van der Waals surface area contributed by atoms with Crippen LogP contribution in [0.3, 0.4) is 0 Å². The van der Waals surface area contributed by atoms with E-state index in [2.05, 4.69) is 24.4 Å². The average Bonchev–Trinajstić information content (AvgIpc) is 2.55. The van der Waals surface area contributed by atoms with Crippen LogP contribution >= 0.6 is 0 Å². The van der Waals surface area contributed by atoms with Crippen molar-refractivity contribution >= 4 is 5.69 Å². The van der Waals surface area contributed by atoms with Gasteiger partial charge >= 0.3 is 0 Å². The molecule has 0 aromatic heterocycles. The van der Waals surface area contributed by atoms with Crippen LogP contribution in [-0.2, 0) is 0 Å². The number of rotatable bonds is 6. The molecule has 21 heavy (non-hydrogen) atoms. The number of methoxy groups -OCH3 is 3. The van der Waals surface area contributed by atoms with Gasteiger partial charge < -0.3 is 19.5 Å². The molecular formula is C17H21NO3. The van der Waals surface area contributed by atoms with Gasteiger partial charge in [0, 0.05) is 18.2 Å². The average molecular weight is 287 g/mol. The molecule has 0 unspecified atom stereocenters. The van der Waals surface area contributed by atoms with Crippen molar-refractivity contribution in [1.29, 1.82) is 0 Å². The highest BCUT2D eigenvalue weighted by Crippen LogP contribution is 2.40. The second-order valence-electron chi connectivity index (χ2n) is 4.68. The van der Waals surface area contributed by atoms with Gasteiger partial charge in [-0.1, -0.05) is 30.3 Å². The Morgan fingerprint density at radius 1 is 0.857 bits per heavy atom. The standard InChI is InChI=1S/C17H21NO3/c1-12(13-8-6-5-7-9-13)18-17-15(20-3)10-14(19-2)11-16(17)21-4/h5-12,18H,1-4H3/t12-/m1/s1. The maximum atomic E-state index is 5.44. The molecule has 0 aliphatic carbocycles. The Bertz CT molecular complexity index is 559. The molecule has 1 N–H and O–H groups in total. The molecule has 0 heterocycles. The smallest absolute Gasteiger partial charge is 0.149 e. The third-order valence-corrected chi connectivity index (χ3v) is 3.38. The fraction of sp³-hybridized carbons (Fsp3) is 0.294. The molecule has 0 saturated carbocycles. The lowest BCUT2D eigenvalue weighted by atomic mass is 10.1. The highest BCUT2D eigenvalue weighted by molar-refractivity contribution is 5.69. The van der Waals surface area contributed by atoms with E-state index in [1.807, 2.05) is 30.3 Å². The molecule has 0 amide bonds. The number of hydrogen-bond donors (Lipinski definition) is 1. The van der Waals surface area contributed by atoms with Gasteiger partial charge in [0.2, 0.25) is 0 Å². The summed E-state index contributed by atoms with van der Waals surface area (Å²) in [5.41, 5.74) is 2.01. The van der Waals surface area contributed by atoms with Crippen molar-refractivity contribution in [3.63, 3.8) is 0 Å². The Balaban J connectivity index is 2.34. The van der Waals surface area contributed by atoms with E-state index < -0.39 is 0 Å². The first kappa shape index (κ1) is 15.0. The summed E-state index contributed by atoms with van der Waals surface area (Å²) in [5.74, 6) is 2.07. The monoisotopic (exact) mass is 287 g/mol. The molecule has 1 atom stereocenters. The van der Waals surface area contributed by atoms with Crippen molar-refractivity contribution in [1.82, 2.24) is 0 Å². The third kappa shape index (κ3) is 3.40. The van der Waals surface area contributed by atoms with Gasteiger partial charge in [0.05, 0.1) is 21.3 Å². The van der Waals surface area contributed by atoms with E-state index in [1.165, 1.54) is 5.56 Å². The Hall–Kier alpha value is -2.36. The van der Waals surface area contributed by atoms with Gasteiger partial charge in [0.25, 0.3) is 0 Å². The van der Waals surface area contributed by atoms with Crippen molar-refractivity contribution in [2.45, 2.75) is 13.0 Å². The van der Waals surface area contributed by atoms with Crippen LogP contribution in [0.2, 0.25) is 0 Å². The molecule has 0 aliphatic heterocycles. The Morgan fingerprint density at radius 3 is 1.90 bits per heavy atom. The minimum absolute atomic E-state index is 0.127. The molecule has 112 valence electrons. The zero-order chi connectivity index (χ0) is 15.2. The Kier molecular flexibility index (Phi) is 4.93. The van der Waals surface area contributed by atoms with Crippen molar-refractivity contribution in [3.8, 4) is 17.2 Å². The lowest BCUT2D eigenvalue weighted by molar-refractivity contribution is 0.377. The number of anilines is 1. The number of hydrogen-bond acceptors (Lipinski definition) is 4. The molecule has 2 aromatic rings. The lowest BCUT2D eigenvalue weighted by Gasteiger charge is -2.21. The van der Waals surface area contributed by atoms with Crippen molar-refractivity contribution < 1.29 is 14.2 Å². The summed E-state index contributed by atoms with van der Waals surface area (Å²) in [6, 6.07) is 14.0. The van der Waals surface area contributed by atoms with Crippen LogP contribution < -0.4 is 19.5 Å². The normalized spacial score (nSPS) is 11.6. The molecule has 0 spiro atoms. The molecule has 0 bridgehead atoms. The number of ether oxygens (including phenoxy) is 3. The van der Waals surface area contributed by atoms with E-state index in [0.29, 0.717) is 17.2 Å². The van der Waals surface area contributed by atoms with Gasteiger partial charge in [-0.05, 0) is 12.5 Å². The van der Waals surface area contributed by atoms with Gasteiger partial charge in [-0.25, -0.2) is 0 Å². The quantitative estimate of drug-likeness (QED) is 0.875. The first-order valence-electron chi connectivity index (χ1n) is 6.81. The summed E-state index contributed by atoms with van der Waals surface area (Å²) in [5, 5.41) is 3.44. The molecule has 0 saturated heterocycles. The zero-order valence-electron chi connectivity index (χ0n) is 12.8. The van der Waals surface area contributed by atoms with Crippen LogP contribution in [0.1, 0.15) is 18.5 Å². The molecule has 0 aliphatic rings. The highest BCUT2D eigenvalue weighted by Gasteiger charge is 2.16. The van der Waals surface area contributed by atoms with E-state index in [-0.39, 0.29) is 6.04 Å². The first-order valence-corrected chi connectivity index (χ1v) is 6.81. The van der Waals surface area contributed by atoms with Gasteiger partial charge in [-0.3, -0.25) is 0 Å². The predicted octanol–water partition coefficient (Wildman–Crippen LogP) is 3.89. The van der Waals surface area contributed by atoms with Crippen LogP contribution in [0.5, 0.6) is 17.2 Å². The van der Waals surface area contributed by atoms with Crippen molar-refractivity contribution in [3.05, 3.63) is 48.0 Å². The maximum Gasteiger partial charge on any atom is 0.149 e. The van der Waals surface area contributed by atoms with Crippen LogP contribution in [0.25, 0.3) is 0 Å². The topological polar surface area (TPSA) is 39.7 Å². The summed E-state index contributed by atoms with van der Waals surface area (Å²) in [4.78, 5) is 0. The molecule has 2 rings (SSSR count). The molecule has 0 radical (unpaired) electrons. The minimum Gasteiger partial charge on any atom is -0.496 e. The number of nitrogens with one attached hydrogen (secondary N) is 1. The third-order valence-electron chi connectivity index (χ3n) is 3.38. The number of benzene rings is 2.